The summed E-state index contributed by atoms with van der Waals surface area (Å²) in [5.41, 5.74) is 3.92. The van der Waals surface area contributed by atoms with Crippen molar-refractivity contribution in [3.8, 4) is 0 Å². The van der Waals surface area contributed by atoms with Gasteiger partial charge in [-0.1, -0.05) is 54.1 Å². The highest BCUT2D eigenvalue weighted by atomic mass is 32.2. The summed E-state index contributed by atoms with van der Waals surface area (Å²) in [6.45, 7) is 2.63. The van der Waals surface area contributed by atoms with Gasteiger partial charge in [-0.2, -0.15) is 0 Å². The molecule has 5 nitrogen and oxygen atoms in total. The van der Waals surface area contributed by atoms with Gasteiger partial charge in [0.25, 0.3) is 0 Å². The number of allylic oxidation sites excluding steroid dienone is 1. The van der Waals surface area contributed by atoms with E-state index >= 15 is 0 Å². The van der Waals surface area contributed by atoms with E-state index in [-0.39, 0.29) is 23.1 Å². The Kier molecular flexibility index (Phi) is 6.80. The molecule has 0 bridgehead atoms. The maximum absolute atomic E-state index is 13.3. The summed E-state index contributed by atoms with van der Waals surface area (Å²) < 4.78 is 28.3. The van der Waals surface area contributed by atoms with Crippen LogP contribution in [0.2, 0.25) is 0 Å². The Morgan fingerprint density at radius 3 is 2.62 bits per heavy atom. The summed E-state index contributed by atoms with van der Waals surface area (Å²) in [6, 6.07) is 14.9. The maximum Gasteiger partial charge on any atom is 0.239 e. The molecule has 0 saturated heterocycles. The quantitative estimate of drug-likeness (QED) is 0.495. The van der Waals surface area contributed by atoms with Crippen LogP contribution in [0.4, 0.5) is 0 Å². The van der Waals surface area contributed by atoms with Crippen LogP contribution in [0.3, 0.4) is 0 Å². The number of amides is 1. The van der Waals surface area contributed by atoms with Crippen molar-refractivity contribution in [2.45, 2.75) is 56.2 Å². The minimum atomic E-state index is -3.57. The molecule has 3 aromatic rings. The lowest BCUT2D eigenvalue weighted by atomic mass is 9.97. The van der Waals surface area contributed by atoms with Gasteiger partial charge in [0.1, 0.15) is 6.54 Å². The van der Waals surface area contributed by atoms with Gasteiger partial charge in [-0.15, -0.1) is 0 Å². The minimum Gasteiger partial charge on any atom is -0.354 e. The predicted octanol–water partition coefficient (Wildman–Crippen LogP) is 4.93. The Balaban J connectivity index is 1.51. The van der Waals surface area contributed by atoms with E-state index in [9.17, 15) is 13.2 Å². The molecule has 4 rings (SSSR count). The number of rotatable bonds is 8. The predicted molar refractivity (Wildman–Crippen MR) is 128 cm³/mol. The third kappa shape index (κ3) is 5.13. The zero-order valence-corrected chi connectivity index (χ0v) is 19.3. The highest BCUT2D eigenvalue weighted by molar-refractivity contribution is 7.90. The summed E-state index contributed by atoms with van der Waals surface area (Å²) in [5.74, 6) is -0.167. The number of para-hydroxylation sites is 1. The molecule has 1 amide bonds. The number of aryl methyl sites for hydroxylation is 1. The lowest BCUT2D eigenvalue weighted by Gasteiger charge is -2.13. The SMILES string of the molecule is Cc1ccccc1CS(=O)(=O)c1cn(CC(=O)NCCC2=CCCCC2)c2ccccc12. The molecule has 0 saturated carbocycles. The van der Waals surface area contributed by atoms with Gasteiger partial charge in [-0.3, -0.25) is 4.79 Å². The fourth-order valence-corrected chi connectivity index (χ4v) is 6.04. The molecule has 1 N–H and O–H groups in total. The van der Waals surface area contributed by atoms with Crippen LogP contribution in [0.25, 0.3) is 10.9 Å². The number of aromatic nitrogens is 1. The van der Waals surface area contributed by atoms with Crippen molar-refractivity contribution in [1.82, 2.24) is 9.88 Å². The number of nitrogens with one attached hydrogen (secondary N) is 1. The van der Waals surface area contributed by atoms with Crippen LogP contribution in [0, 0.1) is 6.92 Å². The van der Waals surface area contributed by atoms with Crippen LogP contribution in [0.15, 0.2) is 71.3 Å². The second-order valence-corrected chi connectivity index (χ2v) is 10.5. The monoisotopic (exact) mass is 450 g/mol. The van der Waals surface area contributed by atoms with E-state index in [0.717, 1.165) is 35.9 Å². The lowest BCUT2D eigenvalue weighted by Crippen LogP contribution is -2.28. The van der Waals surface area contributed by atoms with Crippen LogP contribution in [-0.2, 0) is 26.9 Å². The molecule has 1 aliphatic carbocycles. The van der Waals surface area contributed by atoms with Crippen LogP contribution in [0.5, 0.6) is 0 Å². The molecule has 0 unspecified atom stereocenters. The van der Waals surface area contributed by atoms with Crippen molar-refractivity contribution in [2.24, 2.45) is 0 Å². The van der Waals surface area contributed by atoms with Crippen LogP contribution in [-0.4, -0.2) is 25.4 Å². The third-order valence-corrected chi connectivity index (χ3v) is 7.85. The number of carbonyl (C=O) groups is 1. The highest BCUT2D eigenvalue weighted by Gasteiger charge is 2.23. The van der Waals surface area contributed by atoms with Crippen molar-refractivity contribution < 1.29 is 13.2 Å². The van der Waals surface area contributed by atoms with E-state index in [1.165, 1.54) is 18.4 Å². The van der Waals surface area contributed by atoms with Crippen molar-refractivity contribution in [3.05, 3.63) is 77.5 Å². The first-order valence-corrected chi connectivity index (χ1v) is 12.9. The molecular weight excluding hydrogens is 420 g/mol. The Labute approximate surface area is 190 Å². The molecule has 6 heteroatoms. The molecule has 168 valence electrons. The largest absolute Gasteiger partial charge is 0.354 e. The van der Waals surface area contributed by atoms with Gasteiger partial charge in [0.15, 0.2) is 9.84 Å². The standard InChI is InChI=1S/C26H30N2O3S/c1-20-9-5-6-12-22(20)19-32(30,31)25-17-28(24-14-8-7-13-23(24)25)18-26(29)27-16-15-21-10-3-2-4-11-21/h5-10,12-14,17H,2-4,11,15-16,18-19H2,1H3,(H,27,29). The Bertz CT molecular complexity index is 1260. The van der Waals surface area contributed by atoms with Crippen molar-refractivity contribution in [2.75, 3.05) is 6.54 Å². The zero-order valence-electron chi connectivity index (χ0n) is 18.5. The lowest BCUT2D eigenvalue weighted by molar-refractivity contribution is -0.121. The number of hydrogen-bond donors (Lipinski definition) is 1. The van der Waals surface area contributed by atoms with Crippen molar-refractivity contribution >= 4 is 26.6 Å². The second-order valence-electron chi connectivity index (χ2n) is 8.53. The number of sulfone groups is 1. The molecular formula is C26H30N2O3S. The van der Waals surface area contributed by atoms with Gasteiger partial charge < -0.3 is 9.88 Å². The molecule has 1 aromatic heterocycles. The summed E-state index contributed by atoms with van der Waals surface area (Å²) in [7, 11) is -3.57. The van der Waals surface area contributed by atoms with Gasteiger partial charge in [-0.05, 0) is 56.2 Å². The average Bonchev–Trinajstić information content (AvgIpc) is 3.15. The first-order chi connectivity index (χ1) is 15.4. The van der Waals surface area contributed by atoms with Gasteiger partial charge >= 0.3 is 0 Å². The topological polar surface area (TPSA) is 68.2 Å². The fraction of sp³-hybridized carbons (Fsp3) is 0.346. The van der Waals surface area contributed by atoms with E-state index < -0.39 is 9.84 Å². The number of nitrogens with zero attached hydrogens (tertiary/aromatic N) is 1. The molecule has 0 fully saturated rings. The average molecular weight is 451 g/mol. The first-order valence-electron chi connectivity index (χ1n) is 11.2. The van der Waals surface area contributed by atoms with Gasteiger partial charge in [0.2, 0.25) is 5.91 Å². The van der Waals surface area contributed by atoms with E-state index in [1.807, 2.05) is 55.5 Å². The molecule has 0 atom stereocenters. The van der Waals surface area contributed by atoms with Gasteiger partial charge in [0.05, 0.1) is 10.6 Å². The first kappa shape index (κ1) is 22.3. The number of fused-ring (bicyclic) bond motifs is 1. The van der Waals surface area contributed by atoms with E-state index in [2.05, 4.69) is 11.4 Å². The van der Waals surface area contributed by atoms with Crippen molar-refractivity contribution in [1.29, 1.82) is 0 Å². The summed E-state index contributed by atoms with van der Waals surface area (Å²) in [6.07, 6.45) is 9.54. The van der Waals surface area contributed by atoms with Crippen LogP contribution < -0.4 is 5.32 Å². The summed E-state index contributed by atoms with van der Waals surface area (Å²) >= 11 is 0. The van der Waals surface area contributed by atoms with Gasteiger partial charge in [0, 0.05) is 23.6 Å². The molecule has 0 radical (unpaired) electrons. The summed E-state index contributed by atoms with van der Waals surface area (Å²) in [4.78, 5) is 12.9. The third-order valence-electron chi connectivity index (χ3n) is 6.16. The molecule has 0 spiro atoms. The number of carbonyl (C=O) groups excluding carboxylic acids is 1. The Morgan fingerprint density at radius 2 is 1.84 bits per heavy atom. The van der Waals surface area contributed by atoms with Crippen LogP contribution in [0.1, 0.15) is 43.2 Å². The normalized spacial score (nSPS) is 14.3. The Morgan fingerprint density at radius 1 is 1.06 bits per heavy atom. The van der Waals surface area contributed by atoms with E-state index in [4.69, 9.17) is 0 Å². The van der Waals surface area contributed by atoms with Gasteiger partial charge in [-0.25, -0.2) is 8.42 Å². The van der Waals surface area contributed by atoms with E-state index in [1.54, 1.807) is 10.8 Å². The van der Waals surface area contributed by atoms with E-state index in [0.29, 0.717) is 11.9 Å². The fourth-order valence-electron chi connectivity index (χ4n) is 4.35. The maximum atomic E-state index is 13.3. The molecule has 0 aliphatic heterocycles. The highest BCUT2D eigenvalue weighted by Crippen LogP contribution is 2.28. The summed E-state index contributed by atoms with van der Waals surface area (Å²) in [5, 5.41) is 3.64. The van der Waals surface area contributed by atoms with Crippen molar-refractivity contribution in [3.63, 3.8) is 0 Å². The zero-order chi connectivity index (χ0) is 22.6. The van der Waals surface area contributed by atoms with Crippen LogP contribution >= 0.6 is 0 Å². The number of benzene rings is 2. The molecule has 1 aliphatic rings. The smallest absolute Gasteiger partial charge is 0.239 e. The molecule has 2 aromatic carbocycles. The minimum absolute atomic E-state index is 0.0605. The Hall–Kier alpha value is -2.86. The molecule has 1 heterocycles. The second kappa shape index (κ2) is 9.74. The number of hydrogen-bond acceptors (Lipinski definition) is 3. The molecule has 32 heavy (non-hydrogen) atoms.